The smallest absolute Gasteiger partial charge is 0.295 e. The molecule has 0 saturated carbocycles. The van der Waals surface area contributed by atoms with Crippen LogP contribution < -0.4 is 15.2 Å². The Morgan fingerprint density at radius 2 is 1.67 bits per heavy atom. The highest BCUT2D eigenvalue weighted by Gasteiger charge is 2.24. The van der Waals surface area contributed by atoms with Gasteiger partial charge in [0.1, 0.15) is 32.7 Å². The highest BCUT2D eigenvalue weighted by molar-refractivity contribution is 6.30. The Hall–Kier alpha value is -2.21. The van der Waals surface area contributed by atoms with Crippen molar-refractivity contribution in [2.24, 2.45) is 5.10 Å². The number of hydrogen-bond acceptors (Lipinski definition) is 2. The number of nitrogens with zero attached hydrogens (tertiary/aromatic N) is 1. The summed E-state index contributed by atoms with van der Waals surface area (Å²) in [6, 6.07) is 16.1. The third-order valence-electron chi connectivity index (χ3n) is 4.92. The van der Waals surface area contributed by atoms with Gasteiger partial charge in [-0.3, -0.25) is 4.79 Å². The van der Waals surface area contributed by atoms with Gasteiger partial charge in [-0.15, -0.1) is 0 Å². The predicted octanol–water partition coefficient (Wildman–Crippen LogP) is 0.0821. The first-order chi connectivity index (χ1) is 13.1. The van der Waals surface area contributed by atoms with Crippen molar-refractivity contribution >= 4 is 23.7 Å². The largest absolute Gasteiger partial charge is 0.322 e. The minimum Gasteiger partial charge on any atom is -0.322 e. The first kappa shape index (κ1) is 19.5. The van der Waals surface area contributed by atoms with E-state index in [1.807, 2.05) is 12.1 Å². The zero-order valence-electron chi connectivity index (χ0n) is 15.7. The second kappa shape index (κ2) is 9.65. The number of nitrogens with one attached hydrogen (secondary N) is 3. The molecule has 2 aromatic rings. The van der Waals surface area contributed by atoms with Crippen molar-refractivity contribution in [3.63, 3.8) is 0 Å². The van der Waals surface area contributed by atoms with Crippen molar-refractivity contribution in [2.75, 3.05) is 32.7 Å². The summed E-state index contributed by atoms with van der Waals surface area (Å²) in [6.07, 6.45) is 1.63. The lowest BCUT2D eigenvalue weighted by Crippen LogP contribution is -3.28. The van der Waals surface area contributed by atoms with E-state index in [1.165, 1.54) is 16.0 Å². The number of amides is 1. The van der Waals surface area contributed by atoms with Crippen LogP contribution >= 0.6 is 11.6 Å². The number of hydrazone groups is 1. The lowest BCUT2D eigenvalue weighted by atomic mass is 10.1. The number of carbonyl (C=O) groups is 1. The fraction of sp³-hybridized carbons (Fsp3) is 0.333. The predicted molar refractivity (Wildman–Crippen MR) is 108 cm³/mol. The Balaban J connectivity index is 1.37. The molecule has 6 heteroatoms. The van der Waals surface area contributed by atoms with Crippen molar-refractivity contribution in [3.05, 3.63) is 70.2 Å². The number of piperazine rings is 1. The summed E-state index contributed by atoms with van der Waals surface area (Å²) in [4.78, 5) is 15.0. The van der Waals surface area contributed by atoms with Crippen LogP contribution in [0.25, 0.3) is 0 Å². The van der Waals surface area contributed by atoms with Gasteiger partial charge in [-0.25, -0.2) is 5.43 Å². The fourth-order valence-electron chi connectivity index (χ4n) is 3.30. The molecule has 1 aliphatic rings. The van der Waals surface area contributed by atoms with E-state index in [2.05, 4.69) is 41.7 Å². The molecule has 3 N–H and O–H groups in total. The standard InChI is InChI=1S/C21H25ClN4O/c1-17-2-4-19(5-3-17)15-25-10-12-26(13-11-25)16-21(27)24-23-14-18-6-8-20(22)9-7-18/h2-9,14H,10-13,15-16H2,1H3,(H,24,27)/p+2/b23-14-. The Kier molecular flexibility index (Phi) is 6.98. The molecule has 0 aromatic heterocycles. The number of rotatable bonds is 6. The van der Waals surface area contributed by atoms with Gasteiger partial charge in [0.25, 0.3) is 5.91 Å². The fourth-order valence-corrected chi connectivity index (χ4v) is 3.43. The van der Waals surface area contributed by atoms with Crippen molar-refractivity contribution in [1.29, 1.82) is 0 Å². The van der Waals surface area contributed by atoms with Gasteiger partial charge < -0.3 is 9.80 Å². The summed E-state index contributed by atoms with van der Waals surface area (Å²) < 4.78 is 0. The van der Waals surface area contributed by atoms with E-state index in [-0.39, 0.29) is 5.91 Å². The number of halogens is 1. The zero-order valence-corrected chi connectivity index (χ0v) is 16.4. The number of quaternary nitrogens is 2. The van der Waals surface area contributed by atoms with Crippen LogP contribution in [-0.2, 0) is 11.3 Å². The highest BCUT2D eigenvalue weighted by Crippen LogP contribution is 2.07. The lowest BCUT2D eigenvalue weighted by Gasteiger charge is -2.29. The van der Waals surface area contributed by atoms with Gasteiger partial charge >= 0.3 is 0 Å². The van der Waals surface area contributed by atoms with E-state index in [1.54, 1.807) is 23.2 Å². The van der Waals surface area contributed by atoms with Gasteiger partial charge in [0.2, 0.25) is 0 Å². The monoisotopic (exact) mass is 386 g/mol. The van der Waals surface area contributed by atoms with Gasteiger partial charge in [0, 0.05) is 10.6 Å². The number of carbonyl (C=O) groups excluding carboxylic acids is 1. The Morgan fingerprint density at radius 1 is 1.04 bits per heavy atom. The summed E-state index contributed by atoms with van der Waals surface area (Å²) in [6.45, 7) is 7.84. The Morgan fingerprint density at radius 3 is 2.33 bits per heavy atom. The van der Waals surface area contributed by atoms with Crippen LogP contribution in [0.2, 0.25) is 5.02 Å². The summed E-state index contributed by atoms with van der Waals surface area (Å²) >= 11 is 5.85. The maximum atomic E-state index is 12.1. The second-order valence-electron chi connectivity index (χ2n) is 7.18. The van der Waals surface area contributed by atoms with E-state index in [9.17, 15) is 4.79 Å². The normalized spacial score (nSPS) is 19.9. The van der Waals surface area contributed by atoms with Gasteiger partial charge in [0.15, 0.2) is 6.54 Å². The van der Waals surface area contributed by atoms with Gasteiger partial charge in [-0.1, -0.05) is 53.6 Å². The quantitative estimate of drug-likeness (QED) is 0.478. The number of benzene rings is 2. The minimum absolute atomic E-state index is 0.0443. The number of hydrogen-bond donors (Lipinski definition) is 3. The average Bonchev–Trinajstić information content (AvgIpc) is 2.67. The van der Waals surface area contributed by atoms with Gasteiger partial charge in [-0.05, 0) is 24.6 Å². The zero-order chi connectivity index (χ0) is 19.1. The van der Waals surface area contributed by atoms with Crippen LogP contribution in [0.4, 0.5) is 0 Å². The van der Waals surface area contributed by atoms with Crippen LogP contribution in [0.15, 0.2) is 53.6 Å². The molecule has 0 bridgehead atoms. The minimum atomic E-state index is -0.0443. The molecule has 0 atom stereocenters. The van der Waals surface area contributed by atoms with Crippen molar-refractivity contribution in [2.45, 2.75) is 13.5 Å². The molecule has 0 unspecified atom stereocenters. The molecule has 0 aliphatic carbocycles. The molecular weight excluding hydrogens is 360 g/mol. The molecule has 142 valence electrons. The SMILES string of the molecule is Cc1ccc(C[NH+]2CC[NH+](CC(=O)N/N=C\c3ccc(Cl)cc3)CC2)cc1. The highest BCUT2D eigenvalue weighted by atomic mass is 35.5. The molecule has 1 heterocycles. The topological polar surface area (TPSA) is 50.3 Å². The Bertz CT molecular complexity index is 766. The molecule has 2 aromatic carbocycles. The first-order valence-corrected chi connectivity index (χ1v) is 9.76. The van der Waals surface area contributed by atoms with Crippen molar-refractivity contribution in [1.82, 2.24) is 5.43 Å². The molecule has 27 heavy (non-hydrogen) atoms. The molecule has 0 spiro atoms. The summed E-state index contributed by atoms with van der Waals surface area (Å²) in [5, 5.41) is 4.71. The van der Waals surface area contributed by atoms with Crippen molar-refractivity contribution in [3.8, 4) is 0 Å². The van der Waals surface area contributed by atoms with Gasteiger partial charge in [-0.2, -0.15) is 5.10 Å². The average molecular weight is 387 g/mol. The first-order valence-electron chi connectivity index (χ1n) is 9.38. The molecule has 0 radical (unpaired) electrons. The lowest BCUT2D eigenvalue weighted by molar-refractivity contribution is -1.02. The number of aryl methyl sites for hydroxylation is 1. The van der Waals surface area contributed by atoms with Crippen LogP contribution in [-0.4, -0.2) is 44.8 Å². The maximum Gasteiger partial charge on any atom is 0.295 e. The molecule has 5 nitrogen and oxygen atoms in total. The molecule has 1 saturated heterocycles. The molecular formula is C21H27ClN4O+2. The van der Waals surface area contributed by atoms with E-state index in [0.717, 1.165) is 38.3 Å². The van der Waals surface area contributed by atoms with Crippen molar-refractivity contribution < 1.29 is 14.6 Å². The third kappa shape index (κ3) is 6.47. The molecule has 1 amide bonds. The summed E-state index contributed by atoms with van der Waals surface area (Å²) in [5.74, 6) is -0.0443. The molecule has 1 aliphatic heterocycles. The summed E-state index contributed by atoms with van der Waals surface area (Å²) in [7, 11) is 0. The third-order valence-corrected chi connectivity index (χ3v) is 5.17. The van der Waals surface area contributed by atoms with Crippen LogP contribution in [0.5, 0.6) is 0 Å². The van der Waals surface area contributed by atoms with Crippen LogP contribution in [0, 0.1) is 6.92 Å². The maximum absolute atomic E-state index is 12.1. The van der Waals surface area contributed by atoms with E-state index in [4.69, 9.17) is 11.6 Å². The Labute approximate surface area is 165 Å². The van der Waals surface area contributed by atoms with Crippen LogP contribution in [0.1, 0.15) is 16.7 Å². The molecule has 1 fully saturated rings. The van der Waals surface area contributed by atoms with E-state index >= 15 is 0 Å². The second-order valence-corrected chi connectivity index (χ2v) is 7.62. The van der Waals surface area contributed by atoms with E-state index < -0.39 is 0 Å². The molecule has 3 rings (SSSR count). The summed E-state index contributed by atoms with van der Waals surface area (Å²) in [5.41, 5.74) is 6.20. The van der Waals surface area contributed by atoms with Crippen LogP contribution in [0.3, 0.4) is 0 Å². The van der Waals surface area contributed by atoms with Gasteiger partial charge in [0.05, 0.1) is 6.21 Å². The van der Waals surface area contributed by atoms with E-state index in [0.29, 0.717) is 11.6 Å².